The molecule has 22 heavy (non-hydrogen) atoms. The van der Waals surface area contributed by atoms with E-state index in [1.807, 2.05) is 0 Å². The normalized spacial score (nSPS) is 27.8. The van der Waals surface area contributed by atoms with Gasteiger partial charge < -0.3 is 15.7 Å². The molecule has 4 nitrogen and oxygen atoms in total. The molecule has 2 aliphatic rings. The maximum absolute atomic E-state index is 13.5. The lowest BCUT2D eigenvalue weighted by atomic mass is 9.87. The molecule has 3 unspecified atom stereocenters. The first kappa shape index (κ1) is 15.3. The monoisotopic (exact) mass is 306 g/mol. The summed E-state index contributed by atoms with van der Waals surface area (Å²) in [5.74, 6) is -0.268. The van der Waals surface area contributed by atoms with Crippen molar-refractivity contribution in [2.75, 3.05) is 0 Å². The molecule has 3 N–H and O–H groups in total. The summed E-state index contributed by atoms with van der Waals surface area (Å²) in [6, 6.07) is 4.20. The Balaban J connectivity index is 1.64. The van der Waals surface area contributed by atoms with Crippen LogP contribution in [0.5, 0.6) is 0 Å². The molecule has 1 aromatic rings. The topological polar surface area (TPSA) is 61.4 Å². The largest absolute Gasteiger partial charge is 0.391 e. The number of amides is 2. The molecular weight excluding hydrogens is 283 g/mol. The van der Waals surface area contributed by atoms with Crippen LogP contribution in [0.15, 0.2) is 18.2 Å². The SMILES string of the molecule is O=C(NC1CCCc2ccc(F)cc21)NC1CCCCC1O. The third-order valence-electron chi connectivity index (χ3n) is 4.77. The molecule has 2 aliphatic carbocycles. The zero-order chi connectivity index (χ0) is 15.5. The van der Waals surface area contributed by atoms with Crippen LogP contribution in [0.1, 0.15) is 55.7 Å². The van der Waals surface area contributed by atoms with Crippen molar-refractivity contribution in [3.63, 3.8) is 0 Å². The van der Waals surface area contributed by atoms with Crippen LogP contribution in [0.2, 0.25) is 0 Å². The van der Waals surface area contributed by atoms with Gasteiger partial charge in [0.25, 0.3) is 0 Å². The molecule has 3 rings (SSSR count). The van der Waals surface area contributed by atoms with Crippen LogP contribution in [0.25, 0.3) is 0 Å². The molecule has 120 valence electrons. The molecular formula is C17H23FN2O2. The summed E-state index contributed by atoms with van der Waals surface area (Å²) in [7, 11) is 0. The van der Waals surface area contributed by atoms with Gasteiger partial charge in [0.1, 0.15) is 5.82 Å². The van der Waals surface area contributed by atoms with Crippen LogP contribution >= 0.6 is 0 Å². The van der Waals surface area contributed by atoms with Gasteiger partial charge in [0.15, 0.2) is 0 Å². The van der Waals surface area contributed by atoms with E-state index < -0.39 is 6.10 Å². The zero-order valence-electron chi connectivity index (χ0n) is 12.6. The number of hydrogen-bond donors (Lipinski definition) is 3. The number of fused-ring (bicyclic) bond motifs is 1. The Morgan fingerprint density at radius 2 is 1.95 bits per heavy atom. The number of aliphatic hydroxyl groups excluding tert-OH is 1. The second-order valence-electron chi connectivity index (χ2n) is 6.36. The lowest BCUT2D eigenvalue weighted by Crippen LogP contribution is -2.49. The molecule has 0 aromatic heterocycles. The van der Waals surface area contributed by atoms with E-state index in [1.165, 1.54) is 12.1 Å². The molecule has 0 heterocycles. The van der Waals surface area contributed by atoms with Gasteiger partial charge >= 0.3 is 6.03 Å². The average Bonchev–Trinajstić information content (AvgIpc) is 2.50. The molecule has 3 atom stereocenters. The maximum Gasteiger partial charge on any atom is 0.315 e. The van der Waals surface area contributed by atoms with E-state index >= 15 is 0 Å². The number of carbonyl (C=O) groups is 1. The third kappa shape index (κ3) is 3.40. The smallest absolute Gasteiger partial charge is 0.315 e. The average molecular weight is 306 g/mol. The first-order chi connectivity index (χ1) is 10.6. The van der Waals surface area contributed by atoms with E-state index in [9.17, 15) is 14.3 Å². The predicted molar refractivity (Wildman–Crippen MR) is 82.0 cm³/mol. The minimum Gasteiger partial charge on any atom is -0.391 e. The molecule has 0 spiro atoms. The van der Waals surface area contributed by atoms with Gasteiger partial charge in [-0.25, -0.2) is 9.18 Å². The fourth-order valence-corrected chi connectivity index (χ4v) is 3.57. The number of urea groups is 1. The van der Waals surface area contributed by atoms with Crippen molar-refractivity contribution in [3.8, 4) is 0 Å². The lowest BCUT2D eigenvalue weighted by molar-refractivity contribution is 0.0939. The van der Waals surface area contributed by atoms with Gasteiger partial charge in [0.2, 0.25) is 0 Å². The maximum atomic E-state index is 13.5. The lowest BCUT2D eigenvalue weighted by Gasteiger charge is -2.31. The fraction of sp³-hybridized carbons (Fsp3) is 0.588. The van der Waals surface area contributed by atoms with Gasteiger partial charge in [0.05, 0.1) is 18.2 Å². The zero-order valence-corrected chi connectivity index (χ0v) is 12.6. The Morgan fingerprint density at radius 3 is 2.77 bits per heavy atom. The summed E-state index contributed by atoms with van der Waals surface area (Å²) in [5, 5.41) is 15.7. The van der Waals surface area contributed by atoms with Gasteiger partial charge in [-0.3, -0.25) is 0 Å². The summed E-state index contributed by atoms with van der Waals surface area (Å²) < 4.78 is 13.5. The Labute approximate surface area is 130 Å². The molecule has 0 bridgehead atoms. The first-order valence-corrected chi connectivity index (χ1v) is 8.17. The highest BCUT2D eigenvalue weighted by molar-refractivity contribution is 5.75. The van der Waals surface area contributed by atoms with Crippen LogP contribution in [0.4, 0.5) is 9.18 Å². The van der Waals surface area contributed by atoms with E-state index in [0.717, 1.165) is 56.1 Å². The van der Waals surface area contributed by atoms with Gasteiger partial charge in [0, 0.05) is 0 Å². The Kier molecular flexibility index (Phi) is 4.62. The minimum absolute atomic E-state index is 0.153. The number of halogens is 1. The second kappa shape index (κ2) is 6.65. The summed E-state index contributed by atoms with van der Waals surface area (Å²) >= 11 is 0. The van der Waals surface area contributed by atoms with Crippen molar-refractivity contribution in [3.05, 3.63) is 35.1 Å². The number of aliphatic hydroxyl groups is 1. The molecule has 0 aliphatic heterocycles. The van der Waals surface area contributed by atoms with Crippen molar-refractivity contribution >= 4 is 6.03 Å². The molecule has 1 aromatic carbocycles. The highest BCUT2D eigenvalue weighted by Crippen LogP contribution is 2.30. The van der Waals surface area contributed by atoms with Crippen LogP contribution in [0, 0.1) is 5.82 Å². The Morgan fingerprint density at radius 1 is 1.14 bits per heavy atom. The molecule has 1 saturated carbocycles. The first-order valence-electron chi connectivity index (χ1n) is 8.17. The van der Waals surface area contributed by atoms with Crippen LogP contribution in [0.3, 0.4) is 0 Å². The van der Waals surface area contributed by atoms with Crippen molar-refractivity contribution < 1.29 is 14.3 Å². The number of benzene rings is 1. The number of carbonyl (C=O) groups excluding carboxylic acids is 1. The van der Waals surface area contributed by atoms with Crippen molar-refractivity contribution in [2.24, 2.45) is 0 Å². The molecule has 0 saturated heterocycles. The predicted octanol–water partition coefficient (Wildman–Crippen LogP) is 2.81. The molecule has 5 heteroatoms. The van der Waals surface area contributed by atoms with Crippen LogP contribution in [-0.2, 0) is 6.42 Å². The van der Waals surface area contributed by atoms with E-state index in [2.05, 4.69) is 10.6 Å². The Bertz CT molecular complexity index is 549. The number of nitrogens with one attached hydrogen (secondary N) is 2. The van der Waals surface area contributed by atoms with Gasteiger partial charge in [-0.15, -0.1) is 0 Å². The highest BCUT2D eigenvalue weighted by Gasteiger charge is 2.27. The minimum atomic E-state index is -0.462. The van der Waals surface area contributed by atoms with E-state index in [1.54, 1.807) is 6.07 Å². The number of rotatable bonds is 2. The number of aryl methyl sites for hydroxylation is 1. The fourth-order valence-electron chi connectivity index (χ4n) is 3.57. The third-order valence-corrected chi connectivity index (χ3v) is 4.77. The highest BCUT2D eigenvalue weighted by atomic mass is 19.1. The van der Waals surface area contributed by atoms with Gasteiger partial charge in [-0.05, 0) is 55.4 Å². The Hall–Kier alpha value is -1.62. The summed E-state index contributed by atoms with van der Waals surface area (Å²) in [6.07, 6.45) is 5.85. The van der Waals surface area contributed by atoms with Crippen LogP contribution < -0.4 is 10.6 Å². The van der Waals surface area contributed by atoms with E-state index in [0.29, 0.717) is 0 Å². The standard InChI is InChI=1S/C17H23FN2O2/c18-12-9-8-11-4-3-6-14(13(11)10-12)19-17(22)20-15-5-1-2-7-16(15)21/h8-10,14-16,21H,1-7H2,(H2,19,20,22). The van der Waals surface area contributed by atoms with Crippen molar-refractivity contribution in [1.82, 2.24) is 10.6 Å². The molecule has 0 radical (unpaired) electrons. The number of hydrogen-bond acceptors (Lipinski definition) is 2. The summed E-state index contributed by atoms with van der Waals surface area (Å²) in [5.41, 5.74) is 1.99. The van der Waals surface area contributed by atoms with Crippen molar-refractivity contribution in [1.29, 1.82) is 0 Å². The quantitative estimate of drug-likeness (QED) is 0.787. The van der Waals surface area contributed by atoms with Gasteiger partial charge in [-0.1, -0.05) is 18.9 Å². The van der Waals surface area contributed by atoms with E-state index in [-0.39, 0.29) is 23.9 Å². The van der Waals surface area contributed by atoms with Crippen molar-refractivity contribution in [2.45, 2.75) is 63.1 Å². The summed E-state index contributed by atoms with van der Waals surface area (Å²) in [4.78, 5) is 12.2. The van der Waals surface area contributed by atoms with Gasteiger partial charge in [-0.2, -0.15) is 0 Å². The molecule has 2 amide bonds. The van der Waals surface area contributed by atoms with E-state index in [4.69, 9.17) is 0 Å². The second-order valence-corrected chi connectivity index (χ2v) is 6.36. The molecule has 1 fully saturated rings. The van der Waals surface area contributed by atoms with Crippen LogP contribution in [-0.4, -0.2) is 23.3 Å². The summed E-state index contributed by atoms with van der Waals surface area (Å²) in [6.45, 7) is 0.